The van der Waals surface area contributed by atoms with Gasteiger partial charge >= 0.3 is 5.97 Å². The normalized spacial score (nSPS) is 13.9. The summed E-state index contributed by atoms with van der Waals surface area (Å²) in [6.07, 6.45) is 3.02. The number of imide groups is 1. The van der Waals surface area contributed by atoms with E-state index in [1.165, 1.54) is 0 Å². The van der Waals surface area contributed by atoms with Gasteiger partial charge in [-0.2, -0.15) is 17.7 Å². The lowest BCUT2D eigenvalue weighted by Crippen LogP contribution is -2.32. The van der Waals surface area contributed by atoms with Gasteiger partial charge in [0.05, 0.1) is 18.7 Å². The quantitative estimate of drug-likeness (QED) is 0.219. The van der Waals surface area contributed by atoms with Crippen LogP contribution in [0.5, 0.6) is 5.75 Å². The van der Waals surface area contributed by atoms with E-state index >= 15 is 0 Å². The van der Waals surface area contributed by atoms with Crippen LogP contribution in [-0.4, -0.2) is 46.3 Å². The number of nitrogens with one attached hydrogen (secondary N) is 1. The van der Waals surface area contributed by atoms with Gasteiger partial charge in [0.15, 0.2) is 0 Å². The highest BCUT2D eigenvalue weighted by atomic mass is 32.1. The molecule has 1 aliphatic carbocycles. The molecule has 0 aliphatic heterocycles. The Labute approximate surface area is 199 Å². The monoisotopic (exact) mass is 477 g/mol. The molecule has 1 aliphatic rings. The summed E-state index contributed by atoms with van der Waals surface area (Å²) >= 11 is 4.36. The van der Waals surface area contributed by atoms with Gasteiger partial charge in [0.25, 0.3) is 12.3 Å². The van der Waals surface area contributed by atoms with Gasteiger partial charge in [-0.15, -0.1) is 5.06 Å². The van der Waals surface area contributed by atoms with E-state index in [-0.39, 0.29) is 38.2 Å². The van der Waals surface area contributed by atoms with Crippen molar-refractivity contribution in [3.63, 3.8) is 0 Å². The molecule has 0 radical (unpaired) electrons. The minimum atomic E-state index is -0.673. The third-order valence-electron chi connectivity index (χ3n) is 4.73. The standard InChI is InChI=1S/C23H31N3O6S/c1-4-6-21(29)26(15-27)32-22(30)7-5-12-31-17-9-10-18-16(13-17)8-11-19(18)24-25-20(28)14-23(2,3)33/h9-10,13,15,33H,4-8,11-12,14H2,1-3H3,(H,25,28)/b24-19+. The predicted octanol–water partition coefficient (Wildman–Crippen LogP) is 2.95. The van der Waals surface area contributed by atoms with E-state index in [0.717, 1.165) is 29.7 Å². The highest BCUT2D eigenvalue weighted by Crippen LogP contribution is 2.27. The van der Waals surface area contributed by atoms with Crippen LogP contribution in [0.15, 0.2) is 23.3 Å². The number of carbonyl (C=O) groups excluding carboxylic acids is 4. The number of fused-ring (bicyclic) bond motifs is 1. The largest absolute Gasteiger partial charge is 0.494 e. The summed E-state index contributed by atoms with van der Waals surface area (Å²) in [4.78, 5) is 51.1. The Bertz CT molecular complexity index is 910. The summed E-state index contributed by atoms with van der Waals surface area (Å²) in [7, 11) is 0. The molecule has 0 bridgehead atoms. The molecule has 33 heavy (non-hydrogen) atoms. The van der Waals surface area contributed by atoms with E-state index < -0.39 is 16.6 Å². The van der Waals surface area contributed by atoms with Crippen LogP contribution in [-0.2, 0) is 30.4 Å². The highest BCUT2D eigenvalue weighted by molar-refractivity contribution is 7.81. The van der Waals surface area contributed by atoms with Crippen LogP contribution < -0.4 is 10.2 Å². The van der Waals surface area contributed by atoms with Crippen LogP contribution in [0.3, 0.4) is 0 Å². The Morgan fingerprint density at radius 3 is 2.67 bits per heavy atom. The van der Waals surface area contributed by atoms with Crippen LogP contribution in [0.2, 0.25) is 0 Å². The Hall–Kier alpha value is -2.88. The van der Waals surface area contributed by atoms with Gasteiger partial charge in [0.2, 0.25) is 5.91 Å². The second-order valence-electron chi connectivity index (χ2n) is 8.39. The van der Waals surface area contributed by atoms with Crippen LogP contribution >= 0.6 is 12.6 Å². The van der Waals surface area contributed by atoms with Gasteiger partial charge in [-0.3, -0.25) is 14.4 Å². The van der Waals surface area contributed by atoms with Gasteiger partial charge in [0, 0.05) is 23.2 Å². The lowest BCUT2D eigenvalue weighted by atomic mass is 10.1. The van der Waals surface area contributed by atoms with Crippen molar-refractivity contribution in [1.29, 1.82) is 0 Å². The minimum Gasteiger partial charge on any atom is -0.494 e. The van der Waals surface area contributed by atoms with Gasteiger partial charge < -0.3 is 9.57 Å². The molecule has 0 saturated heterocycles. The Balaban J connectivity index is 1.80. The molecule has 0 unspecified atom stereocenters. The maximum absolute atomic E-state index is 12.0. The molecule has 0 saturated carbocycles. The first-order valence-electron chi connectivity index (χ1n) is 10.9. The molecule has 0 heterocycles. The lowest BCUT2D eigenvalue weighted by Gasteiger charge is -2.15. The zero-order chi connectivity index (χ0) is 24.4. The molecule has 2 rings (SSSR count). The number of aryl methyl sites for hydroxylation is 1. The molecule has 0 spiro atoms. The number of rotatable bonds is 11. The number of hydrogen-bond donors (Lipinski definition) is 2. The average molecular weight is 478 g/mol. The van der Waals surface area contributed by atoms with Gasteiger partial charge in [-0.25, -0.2) is 10.2 Å². The fourth-order valence-corrected chi connectivity index (χ4v) is 3.38. The lowest BCUT2D eigenvalue weighted by molar-refractivity contribution is -0.196. The van der Waals surface area contributed by atoms with E-state index in [1.54, 1.807) is 6.92 Å². The van der Waals surface area contributed by atoms with Crippen molar-refractivity contribution in [3.8, 4) is 5.75 Å². The molecule has 1 aromatic rings. The number of nitrogens with zero attached hydrogens (tertiary/aromatic N) is 2. The average Bonchev–Trinajstić information content (AvgIpc) is 3.14. The van der Waals surface area contributed by atoms with Crippen molar-refractivity contribution in [2.45, 2.75) is 70.5 Å². The van der Waals surface area contributed by atoms with Gasteiger partial charge in [0.1, 0.15) is 5.75 Å². The zero-order valence-electron chi connectivity index (χ0n) is 19.3. The van der Waals surface area contributed by atoms with E-state index in [1.807, 2.05) is 32.0 Å². The predicted molar refractivity (Wildman–Crippen MR) is 126 cm³/mol. The fraction of sp³-hybridized carbons (Fsp3) is 0.522. The number of hydroxylamine groups is 2. The number of carbonyl (C=O) groups is 4. The van der Waals surface area contributed by atoms with E-state index in [0.29, 0.717) is 23.7 Å². The summed E-state index contributed by atoms with van der Waals surface area (Å²) in [5.74, 6) is -0.742. The van der Waals surface area contributed by atoms with Crippen molar-refractivity contribution in [3.05, 3.63) is 29.3 Å². The molecular weight excluding hydrogens is 446 g/mol. The van der Waals surface area contributed by atoms with Crippen LogP contribution in [0.25, 0.3) is 0 Å². The van der Waals surface area contributed by atoms with Crippen molar-refractivity contribution in [2.75, 3.05) is 6.61 Å². The minimum absolute atomic E-state index is 0.00821. The zero-order valence-corrected chi connectivity index (χ0v) is 20.2. The number of thiol groups is 1. The first kappa shape index (κ1) is 26.4. The van der Waals surface area contributed by atoms with Crippen molar-refractivity contribution < 1.29 is 28.8 Å². The van der Waals surface area contributed by atoms with E-state index in [2.05, 4.69) is 23.2 Å². The third-order valence-corrected chi connectivity index (χ3v) is 4.89. The number of amides is 3. The first-order valence-corrected chi connectivity index (χ1v) is 11.4. The van der Waals surface area contributed by atoms with Crippen molar-refractivity contribution in [2.24, 2.45) is 5.10 Å². The smallest absolute Gasteiger partial charge is 0.333 e. The summed E-state index contributed by atoms with van der Waals surface area (Å²) < 4.78 is 5.31. The molecule has 0 aromatic heterocycles. The summed E-state index contributed by atoms with van der Waals surface area (Å²) in [5.41, 5.74) is 5.47. The number of ether oxygens (including phenoxy) is 1. The molecular formula is C23H31N3O6S. The van der Waals surface area contributed by atoms with Gasteiger partial charge in [-0.05, 0) is 49.4 Å². The third kappa shape index (κ3) is 8.88. The summed E-state index contributed by atoms with van der Waals surface area (Å²) in [6.45, 7) is 5.80. The summed E-state index contributed by atoms with van der Waals surface area (Å²) in [5, 5.41) is 4.70. The SMILES string of the molecule is CCCC(=O)N(C=O)OC(=O)CCCOc1ccc2c(c1)CC/C2=N\NC(=O)CC(C)(C)S. The van der Waals surface area contributed by atoms with Crippen molar-refractivity contribution in [1.82, 2.24) is 10.5 Å². The Kier molecular flexibility index (Phi) is 9.90. The fourth-order valence-electron chi connectivity index (χ4n) is 3.23. The maximum atomic E-state index is 12.0. The van der Waals surface area contributed by atoms with Crippen LogP contribution in [0, 0.1) is 0 Å². The number of hydrogen-bond acceptors (Lipinski definition) is 8. The second kappa shape index (κ2) is 12.4. The van der Waals surface area contributed by atoms with E-state index in [4.69, 9.17) is 9.57 Å². The summed E-state index contributed by atoms with van der Waals surface area (Å²) in [6, 6.07) is 5.64. The molecule has 180 valence electrons. The topological polar surface area (TPSA) is 114 Å². The molecule has 0 atom stereocenters. The maximum Gasteiger partial charge on any atom is 0.333 e. The highest BCUT2D eigenvalue weighted by Gasteiger charge is 2.21. The molecule has 9 nitrogen and oxygen atoms in total. The first-order chi connectivity index (χ1) is 15.6. The second-order valence-corrected chi connectivity index (χ2v) is 9.60. The van der Waals surface area contributed by atoms with Crippen molar-refractivity contribution >= 4 is 42.5 Å². The number of hydrazone groups is 1. The Morgan fingerprint density at radius 1 is 1.24 bits per heavy atom. The molecule has 0 fully saturated rings. The van der Waals surface area contributed by atoms with Crippen LogP contribution in [0.1, 0.15) is 70.4 Å². The molecule has 3 amide bonds. The van der Waals surface area contributed by atoms with E-state index in [9.17, 15) is 19.2 Å². The van der Waals surface area contributed by atoms with Gasteiger partial charge in [-0.1, -0.05) is 20.8 Å². The molecule has 1 N–H and O–H groups in total. The Morgan fingerprint density at radius 2 is 2.00 bits per heavy atom. The molecule has 10 heteroatoms. The van der Waals surface area contributed by atoms with Crippen LogP contribution in [0.4, 0.5) is 0 Å². The number of benzene rings is 1. The molecule has 1 aromatic carbocycles.